The molecule has 7 heteroatoms. The number of benzene rings is 3. The van der Waals surface area contributed by atoms with E-state index in [-0.39, 0.29) is 23.5 Å². The second-order valence-electron chi connectivity index (χ2n) is 6.77. The first kappa shape index (κ1) is 19.4. The Morgan fingerprint density at radius 1 is 1.03 bits per heavy atom. The second-order valence-corrected chi connectivity index (χ2v) is 6.77. The average molecular weight is 402 g/mol. The summed E-state index contributed by atoms with van der Waals surface area (Å²) in [7, 11) is 0. The average Bonchev–Trinajstić information content (AvgIpc) is 2.96. The molecule has 4 rings (SSSR count). The van der Waals surface area contributed by atoms with Crippen LogP contribution in [0.15, 0.2) is 66.7 Å². The summed E-state index contributed by atoms with van der Waals surface area (Å²) >= 11 is 0. The molecule has 1 unspecified atom stereocenters. The van der Waals surface area contributed by atoms with E-state index in [1.54, 1.807) is 48.6 Å². The van der Waals surface area contributed by atoms with Crippen molar-refractivity contribution >= 4 is 23.7 Å². The Balaban J connectivity index is 1.65. The van der Waals surface area contributed by atoms with Gasteiger partial charge in [-0.05, 0) is 17.7 Å². The van der Waals surface area contributed by atoms with Crippen LogP contribution in [0.5, 0.6) is 11.5 Å². The molecule has 3 aromatic rings. The van der Waals surface area contributed by atoms with Gasteiger partial charge in [0.2, 0.25) is 0 Å². The minimum absolute atomic E-state index is 0.0366. The van der Waals surface area contributed by atoms with Gasteiger partial charge < -0.3 is 15.2 Å². The van der Waals surface area contributed by atoms with Crippen molar-refractivity contribution in [2.75, 3.05) is 6.54 Å². The molecule has 0 fully saturated rings. The first-order chi connectivity index (χ1) is 14.5. The Morgan fingerprint density at radius 2 is 1.77 bits per heavy atom. The quantitative estimate of drug-likeness (QED) is 0.382. The second kappa shape index (κ2) is 8.18. The molecule has 1 heterocycles. The highest BCUT2D eigenvalue weighted by Crippen LogP contribution is 2.38. The minimum atomic E-state index is -0.900. The van der Waals surface area contributed by atoms with Crippen molar-refractivity contribution in [2.45, 2.75) is 6.10 Å². The summed E-state index contributed by atoms with van der Waals surface area (Å²) in [6.07, 6.45) is 2.60. The highest BCUT2D eigenvalue weighted by molar-refractivity contribution is 6.01. The normalized spacial score (nSPS) is 12.7. The number of aliphatic hydroxyl groups excluding tert-OH is 1. The summed E-state index contributed by atoms with van der Waals surface area (Å²) in [5, 5.41) is 24.4. The van der Waals surface area contributed by atoms with E-state index in [0.717, 1.165) is 5.56 Å². The van der Waals surface area contributed by atoms with Gasteiger partial charge in [0.1, 0.15) is 11.5 Å². The first-order valence-electron chi connectivity index (χ1n) is 9.31. The Bertz CT molecular complexity index is 1140. The van der Waals surface area contributed by atoms with E-state index in [0.29, 0.717) is 16.9 Å². The summed E-state index contributed by atoms with van der Waals surface area (Å²) in [5.74, 6) is 0.224. The van der Waals surface area contributed by atoms with Crippen LogP contribution in [-0.2, 0) is 0 Å². The van der Waals surface area contributed by atoms with Crippen molar-refractivity contribution < 1.29 is 19.6 Å². The van der Waals surface area contributed by atoms with Crippen LogP contribution < -0.4 is 10.1 Å². The molecule has 1 aliphatic heterocycles. The molecular formula is C23H18N2O5. The molecule has 0 saturated carbocycles. The summed E-state index contributed by atoms with van der Waals surface area (Å²) < 4.78 is 5.88. The van der Waals surface area contributed by atoms with Crippen molar-refractivity contribution in [3.8, 4) is 11.5 Å². The smallest absolute Gasteiger partial charge is 0.274 e. The third-order valence-electron chi connectivity index (χ3n) is 4.79. The number of ether oxygens (including phenoxy) is 1. The SMILES string of the molecule is O=C(NCC(O)c1ccccc1)c1cc([N+](=O)[O-])cc2c1C=Cc1ccccc1O2. The highest BCUT2D eigenvalue weighted by atomic mass is 16.6. The zero-order valence-electron chi connectivity index (χ0n) is 15.8. The molecule has 7 nitrogen and oxygen atoms in total. The molecule has 2 N–H and O–H groups in total. The Hall–Kier alpha value is -3.97. The van der Waals surface area contributed by atoms with Gasteiger partial charge in [0.15, 0.2) is 0 Å². The molecule has 0 radical (unpaired) electrons. The van der Waals surface area contributed by atoms with E-state index in [1.807, 2.05) is 18.2 Å². The van der Waals surface area contributed by atoms with E-state index >= 15 is 0 Å². The van der Waals surface area contributed by atoms with Crippen LogP contribution in [0.2, 0.25) is 0 Å². The van der Waals surface area contributed by atoms with Crippen LogP contribution in [0.1, 0.15) is 33.2 Å². The highest BCUT2D eigenvalue weighted by Gasteiger charge is 2.23. The third kappa shape index (κ3) is 3.92. The van der Waals surface area contributed by atoms with E-state index < -0.39 is 16.9 Å². The van der Waals surface area contributed by atoms with Gasteiger partial charge in [0, 0.05) is 23.7 Å². The number of fused-ring (bicyclic) bond motifs is 2. The lowest BCUT2D eigenvalue weighted by atomic mass is 10.0. The van der Waals surface area contributed by atoms with E-state index in [1.165, 1.54) is 12.1 Å². The molecule has 0 bridgehead atoms. The predicted molar refractivity (Wildman–Crippen MR) is 112 cm³/mol. The van der Waals surface area contributed by atoms with Gasteiger partial charge in [-0.15, -0.1) is 0 Å². The zero-order valence-corrected chi connectivity index (χ0v) is 15.8. The lowest BCUT2D eigenvalue weighted by molar-refractivity contribution is -0.384. The van der Waals surface area contributed by atoms with Crippen molar-refractivity contribution in [1.82, 2.24) is 5.32 Å². The topological polar surface area (TPSA) is 102 Å². The number of carbonyl (C=O) groups is 1. The lowest BCUT2D eigenvalue weighted by Crippen LogP contribution is -2.29. The molecule has 0 aromatic heterocycles. The van der Waals surface area contributed by atoms with Crippen molar-refractivity contribution in [3.05, 3.63) is 99.1 Å². The number of nitrogens with one attached hydrogen (secondary N) is 1. The molecule has 1 amide bonds. The van der Waals surface area contributed by atoms with Gasteiger partial charge in [-0.1, -0.05) is 54.6 Å². The summed E-state index contributed by atoms with van der Waals surface area (Å²) in [4.78, 5) is 23.7. The molecule has 0 spiro atoms. The molecular weight excluding hydrogens is 384 g/mol. The lowest BCUT2D eigenvalue weighted by Gasteiger charge is -2.15. The largest absolute Gasteiger partial charge is 0.456 e. The number of hydrogen-bond acceptors (Lipinski definition) is 5. The maximum atomic E-state index is 12.9. The van der Waals surface area contributed by atoms with Gasteiger partial charge in [-0.3, -0.25) is 14.9 Å². The minimum Gasteiger partial charge on any atom is -0.456 e. The third-order valence-corrected chi connectivity index (χ3v) is 4.79. The number of amides is 1. The number of aliphatic hydroxyl groups is 1. The number of rotatable bonds is 5. The van der Waals surface area contributed by atoms with Gasteiger partial charge in [-0.2, -0.15) is 0 Å². The fourth-order valence-corrected chi connectivity index (χ4v) is 3.24. The number of nitrogens with zero attached hydrogens (tertiary/aromatic N) is 1. The fraction of sp³-hybridized carbons (Fsp3) is 0.0870. The Kier molecular flexibility index (Phi) is 5.28. The number of hydrogen-bond donors (Lipinski definition) is 2. The fourth-order valence-electron chi connectivity index (χ4n) is 3.24. The van der Waals surface area contributed by atoms with Gasteiger partial charge in [0.05, 0.1) is 22.7 Å². The molecule has 3 aromatic carbocycles. The molecule has 0 saturated heterocycles. The number of carbonyl (C=O) groups excluding carboxylic acids is 1. The van der Waals surface area contributed by atoms with E-state index in [4.69, 9.17) is 4.74 Å². The van der Waals surface area contributed by atoms with E-state index in [9.17, 15) is 20.0 Å². The van der Waals surface area contributed by atoms with Gasteiger partial charge in [-0.25, -0.2) is 0 Å². The monoisotopic (exact) mass is 402 g/mol. The van der Waals surface area contributed by atoms with Crippen LogP contribution in [0.3, 0.4) is 0 Å². The van der Waals surface area contributed by atoms with Crippen molar-refractivity contribution in [3.63, 3.8) is 0 Å². The van der Waals surface area contributed by atoms with Crippen LogP contribution >= 0.6 is 0 Å². The predicted octanol–water partition coefficient (Wildman–Crippen LogP) is 4.33. The molecule has 1 atom stereocenters. The zero-order chi connectivity index (χ0) is 21.1. The Labute approximate surface area is 172 Å². The first-order valence-corrected chi connectivity index (χ1v) is 9.31. The molecule has 1 aliphatic rings. The van der Waals surface area contributed by atoms with Gasteiger partial charge in [0.25, 0.3) is 11.6 Å². The van der Waals surface area contributed by atoms with Crippen LogP contribution in [0.25, 0.3) is 12.2 Å². The summed E-state index contributed by atoms with van der Waals surface area (Å²) in [5.41, 5.74) is 1.74. The number of nitro groups is 1. The summed E-state index contributed by atoms with van der Waals surface area (Å²) in [6.45, 7) is -0.0366. The maximum absolute atomic E-state index is 12.9. The number of para-hydroxylation sites is 1. The molecule has 150 valence electrons. The number of nitro benzene ring substituents is 1. The summed E-state index contributed by atoms with van der Waals surface area (Å²) in [6, 6.07) is 18.7. The van der Waals surface area contributed by atoms with Crippen LogP contribution in [0.4, 0.5) is 5.69 Å². The molecule has 30 heavy (non-hydrogen) atoms. The van der Waals surface area contributed by atoms with Crippen LogP contribution in [0, 0.1) is 10.1 Å². The molecule has 0 aliphatic carbocycles. The standard InChI is InChI=1S/C23H18N2O5/c26-20(15-6-2-1-3-7-15)14-24-23(27)19-12-17(25(28)29)13-22-18(19)11-10-16-8-4-5-9-21(16)30-22/h1-13,20,26H,14H2,(H,24,27). The van der Waals surface area contributed by atoms with Gasteiger partial charge >= 0.3 is 0 Å². The number of non-ortho nitro benzene ring substituents is 1. The van der Waals surface area contributed by atoms with Crippen LogP contribution in [-0.4, -0.2) is 22.5 Å². The van der Waals surface area contributed by atoms with Crippen molar-refractivity contribution in [1.29, 1.82) is 0 Å². The Morgan fingerprint density at radius 3 is 2.53 bits per heavy atom. The van der Waals surface area contributed by atoms with E-state index in [2.05, 4.69) is 5.32 Å². The maximum Gasteiger partial charge on any atom is 0.274 e. The van der Waals surface area contributed by atoms with Crippen molar-refractivity contribution in [2.24, 2.45) is 0 Å².